The van der Waals surface area contributed by atoms with Gasteiger partial charge in [-0.05, 0) is 53.3 Å². The zero-order chi connectivity index (χ0) is 26.0. The number of benzene rings is 3. The first-order chi connectivity index (χ1) is 17.8. The van der Waals surface area contributed by atoms with Gasteiger partial charge in [0.05, 0.1) is 6.33 Å². The number of amides is 1. The molecule has 0 aliphatic rings. The molecule has 7 nitrogen and oxygen atoms in total. The van der Waals surface area contributed by atoms with E-state index in [4.69, 9.17) is 4.52 Å². The maximum Gasteiger partial charge on any atom is 0.278 e. The van der Waals surface area contributed by atoms with Crippen molar-refractivity contribution < 1.29 is 9.32 Å². The van der Waals surface area contributed by atoms with Gasteiger partial charge in [-0.3, -0.25) is 4.79 Å². The predicted molar refractivity (Wildman–Crippen MR) is 144 cm³/mol. The van der Waals surface area contributed by atoms with Crippen LogP contribution < -0.4 is 5.32 Å². The van der Waals surface area contributed by atoms with Gasteiger partial charge in [-0.2, -0.15) is 4.98 Å². The Hall–Kier alpha value is -4.52. The van der Waals surface area contributed by atoms with Crippen LogP contribution in [0, 0.1) is 6.92 Å². The van der Waals surface area contributed by atoms with E-state index in [1.807, 2.05) is 90.5 Å². The lowest BCUT2D eigenvalue weighted by Gasteiger charge is -2.19. The number of imidazole rings is 1. The van der Waals surface area contributed by atoms with E-state index >= 15 is 0 Å². The zero-order valence-electron chi connectivity index (χ0n) is 21.4. The number of anilines is 1. The number of hydrogen-bond donors (Lipinski definition) is 1. The number of aryl methyl sites for hydroxylation is 1. The van der Waals surface area contributed by atoms with Gasteiger partial charge in [-0.15, -0.1) is 0 Å². The molecule has 1 N–H and O–H groups in total. The van der Waals surface area contributed by atoms with Crippen LogP contribution in [0.15, 0.2) is 89.8 Å². The Morgan fingerprint density at radius 3 is 2.41 bits per heavy atom. The lowest BCUT2D eigenvalue weighted by atomic mass is 9.87. The molecule has 5 rings (SSSR count). The van der Waals surface area contributed by atoms with Gasteiger partial charge in [0, 0.05) is 29.6 Å². The van der Waals surface area contributed by atoms with Gasteiger partial charge >= 0.3 is 0 Å². The topological polar surface area (TPSA) is 85.8 Å². The van der Waals surface area contributed by atoms with Crippen molar-refractivity contribution in [3.63, 3.8) is 0 Å². The van der Waals surface area contributed by atoms with Crippen LogP contribution in [-0.4, -0.2) is 25.6 Å². The van der Waals surface area contributed by atoms with Crippen LogP contribution in [0.1, 0.15) is 47.8 Å². The molecule has 0 aliphatic carbocycles. The number of carbonyl (C=O) groups excluding carboxylic acids is 1. The molecule has 2 heterocycles. The summed E-state index contributed by atoms with van der Waals surface area (Å²) < 4.78 is 7.41. The van der Waals surface area contributed by atoms with E-state index in [2.05, 4.69) is 41.2 Å². The van der Waals surface area contributed by atoms with E-state index in [0.29, 0.717) is 29.5 Å². The van der Waals surface area contributed by atoms with E-state index in [-0.39, 0.29) is 11.3 Å². The van der Waals surface area contributed by atoms with Crippen molar-refractivity contribution in [1.82, 2.24) is 19.7 Å². The van der Waals surface area contributed by atoms with Crippen molar-refractivity contribution in [3.05, 3.63) is 108 Å². The quantitative estimate of drug-likeness (QED) is 0.293. The molecule has 0 bridgehead atoms. The standard InChI is InChI=1S/C30H29N5O2/c1-20-7-5-6-8-25(20)27-33-29(37-34-27)26-18-35(19-31-26)17-21-9-15-24(16-10-21)32-28(36)22-11-13-23(14-12-22)30(2,3)4/h5-16,18-19H,17H2,1-4H3,(H,32,36). The van der Waals surface area contributed by atoms with Crippen LogP contribution in [0.3, 0.4) is 0 Å². The van der Waals surface area contributed by atoms with E-state index in [1.54, 1.807) is 6.33 Å². The van der Waals surface area contributed by atoms with Gasteiger partial charge in [-0.1, -0.05) is 74.5 Å². The fourth-order valence-electron chi connectivity index (χ4n) is 4.05. The van der Waals surface area contributed by atoms with Gasteiger partial charge in [0.25, 0.3) is 11.8 Å². The summed E-state index contributed by atoms with van der Waals surface area (Å²) in [7, 11) is 0. The largest absolute Gasteiger partial charge is 0.332 e. The number of aromatic nitrogens is 4. The molecule has 0 spiro atoms. The van der Waals surface area contributed by atoms with Crippen LogP contribution in [0.2, 0.25) is 0 Å². The van der Waals surface area contributed by atoms with Crippen LogP contribution >= 0.6 is 0 Å². The van der Waals surface area contributed by atoms with E-state index < -0.39 is 0 Å². The highest BCUT2D eigenvalue weighted by Gasteiger charge is 2.16. The Morgan fingerprint density at radius 1 is 0.973 bits per heavy atom. The molecule has 0 radical (unpaired) electrons. The average molecular weight is 492 g/mol. The molecular weight excluding hydrogens is 462 g/mol. The van der Waals surface area contributed by atoms with Crippen molar-refractivity contribution in [2.45, 2.75) is 39.7 Å². The molecule has 0 atom stereocenters. The monoisotopic (exact) mass is 491 g/mol. The Kier molecular flexibility index (Phi) is 6.44. The Labute approximate surface area is 216 Å². The summed E-state index contributed by atoms with van der Waals surface area (Å²) in [6.07, 6.45) is 3.62. The maximum atomic E-state index is 12.7. The van der Waals surface area contributed by atoms with Crippen LogP contribution in [0.25, 0.3) is 23.0 Å². The fraction of sp³-hybridized carbons (Fsp3) is 0.200. The lowest BCUT2D eigenvalue weighted by molar-refractivity contribution is 0.102. The number of rotatable bonds is 6. The molecule has 2 aromatic heterocycles. The molecule has 0 saturated carbocycles. The van der Waals surface area contributed by atoms with Gasteiger partial charge in [0.1, 0.15) is 5.69 Å². The summed E-state index contributed by atoms with van der Waals surface area (Å²) in [6.45, 7) is 9.10. The first-order valence-electron chi connectivity index (χ1n) is 12.2. The Morgan fingerprint density at radius 2 is 1.70 bits per heavy atom. The molecule has 1 amide bonds. The van der Waals surface area contributed by atoms with Crippen molar-refractivity contribution in [2.75, 3.05) is 5.32 Å². The molecule has 5 aromatic rings. The second-order valence-electron chi connectivity index (χ2n) is 10.1. The summed E-state index contributed by atoms with van der Waals surface area (Å²) >= 11 is 0. The van der Waals surface area contributed by atoms with Gasteiger partial charge < -0.3 is 14.4 Å². The Bertz CT molecular complexity index is 1520. The molecule has 186 valence electrons. The van der Waals surface area contributed by atoms with Crippen LogP contribution in [-0.2, 0) is 12.0 Å². The highest BCUT2D eigenvalue weighted by molar-refractivity contribution is 6.04. The number of carbonyl (C=O) groups is 1. The minimum absolute atomic E-state index is 0.0520. The summed E-state index contributed by atoms with van der Waals surface area (Å²) in [5.41, 5.74) is 6.34. The number of nitrogens with one attached hydrogen (secondary N) is 1. The molecule has 0 unspecified atom stereocenters. The molecule has 0 saturated heterocycles. The Balaban J connectivity index is 1.22. The van der Waals surface area contributed by atoms with Crippen LogP contribution in [0.5, 0.6) is 0 Å². The highest BCUT2D eigenvalue weighted by Crippen LogP contribution is 2.24. The van der Waals surface area contributed by atoms with Crippen molar-refractivity contribution in [3.8, 4) is 23.0 Å². The number of hydrogen-bond acceptors (Lipinski definition) is 5. The normalized spacial score (nSPS) is 11.5. The molecule has 3 aromatic carbocycles. The van der Waals surface area contributed by atoms with E-state index in [0.717, 1.165) is 22.4 Å². The van der Waals surface area contributed by atoms with E-state index in [1.165, 1.54) is 5.56 Å². The minimum atomic E-state index is -0.128. The SMILES string of the molecule is Cc1ccccc1-c1noc(-c2cn(Cc3ccc(NC(=O)c4ccc(C(C)(C)C)cc4)cc3)cn2)n1. The first-order valence-corrected chi connectivity index (χ1v) is 12.2. The molecule has 37 heavy (non-hydrogen) atoms. The maximum absolute atomic E-state index is 12.7. The molecule has 0 aliphatic heterocycles. The fourth-order valence-corrected chi connectivity index (χ4v) is 4.05. The second-order valence-corrected chi connectivity index (χ2v) is 10.1. The average Bonchev–Trinajstić information content (AvgIpc) is 3.55. The first kappa shape index (κ1) is 24.2. The molecule has 0 fully saturated rings. The minimum Gasteiger partial charge on any atom is -0.332 e. The van der Waals surface area contributed by atoms with E-state index in [9.17, 15) is 4.79 Å². The summed E-state index contributed by atoms with van der Waals surface area (Å²) in [5.74, 6) is 0.799. The summed E-state index contributed by atoms with van der Waals surface area (Å²) in [4.78, 5) is 21.6. The smallest absolute Gasteiger partial charge is 0.278 e. The lowest BCUT2D eigenvalue weighted by Crippen LogP contribution is -2.14. The van der Waals surface area contributed by atoms with Crippen molar-refractivity contribution in [2.24, 2.45) is 0 Å². The zero-order valence-corrected chi connectivity index (χ0v) is 21.4. The molecular formula is C30H29N5O2. The number of nitrogens with zero attached hydrogens (tertiary/aromatic N) is 4. The van der Waals surface area contributed by atoms with Gasteiger partial charge in [0.15, 0.2) is 0 Å². The second kappa shape index (κ2) is 9.85. The highest BCUT2D eigenvalue weighted by atomic mass is 16.5. The third-order valence-corrected chi connectivity index (χ3v) is 6.25. The van der Waals surface area contributed by atoms with Crippen molar-refractivity contribution >= 4 is 11.6 Å². The van der Waals surface area contributed by atoms with Crippen molar-refractivity contribution in [1.29, 1.82) is 0 Å². The summed E-state index contributed by atoms with van der Waals surface area (Å²) in [5, 5.41) is 7.08. The van der Waals surface area contributed by atoms with Crippen LogP contribution in [0.4, 0.5) is 5.69 Å². The predicted octanol–water partition coefficient (Wildman–Crippen LogP) is 6.51. The summed E-state index contributed by atoms with van der Waals surface area (Å²) in [6, 6.07) is 23.5. The molecule has 7 heteroatoms. The third-order valence-electron chi connectivity index (χ3n) is 6.25. The third kappa shape index (κ3) is 5.51. The van der Waals surface area contributed by atoms with Gasteiger partial charge in [-0.25, -0.2) is 4.98 Å². The van der Waals surface area contributed by atoms with Gasteiger partial charge in [0.2, 0.25) is 5.82 Å².